The largest absolute Gasteiger partial charge is 0.335 e. The molecule has 2 aliphatic carbocycles. The standard InChI is InChI=1S/C23H31FN4OS/c24-19-12-10-18(11-13-19)15-28(20-8-2-1-3-9-20)22(29)16-30-23-25-21(26-27-23)14-17-6-4-5-7-17/h10-13,17,20H,1-9,14-16H2,(H,25,26,27). The summed E-state index contributed by atoms with van der Waals surface area (Å²) in [6.07, 6.45) is 11.8. The molecule has 0 bridgehead atoms. The van der Waals surface area contributed by atoms with E-state index in [1.54, 1.807) is 12.1 Å². The monoisotopic (exact) mass is 430 g/mol. The molecule has 2 fully saturated rings. The Kier molecular flexibility index (Phi) is 7.42. The highest BCUT2D eigenvalue weighted by atomic mass is 32.2. The second-order valence-electron chi connectivity index (χ2n) is 8.65. The van der Waals surface area contributed by atoms with Gasteiger partial charge in [-0.1, -0.05) is 68.8 Å². The molecule has 0 radical (unpaired) electrons. The van der Waals surface area contributed by atoms with E-state index in [2.05, 4.69) is 15.2 Å². The van der Waals surface area contributed by atoms with Crippen LogP contribution in [0.4, 0.5) is 4.39 Å². The Morgan fingerprint density at radius 1 is 1.07 bits per heavy atom. The van der Waals surface area contributed by atoms with E-state index in [4.69, 9.17) is 0 Å². The molecule has 162 valence electrons. The van der Waals surface area contributed by atoms with Gasteiger partial charge in [0.05, 0.1) is 5.75 Å². The van der Waals surface area contributed by atoms with Gasteiger partial charge in [0, 0.05) is 19.0 Å². The van der Waals surface area contributed by atoms with Crippen LogP contribution in [0, 0.1) is 11.7 Å². The summed E-state index contributed by atoms with van der Waals surface area (Å²) < 4.78 is 13.3. The smallest absolute Gasteiger partial charge is 0.233 e. The number of rotatable bonds is 8. The van der Waals surface area contributed by atoms with Gasteiger partial charge in [-0.2, -0.15) is 0 Å². The van der Waals surface area contributed by atoms with Crippen LogP contribution in [0.1, 0.15) is 69.2 Å². The summed E-state index contributed by atoms with van der Waals surface area (Å²) in [6.45, 7) is 0.533. The Hall–Kier alpha value is -1.89. The molecule has 1 N–H and O–H groups in total. The van der Waals surface area contributed by atoms with E-state index in [-0.39, 0.29) is 17.8 Å². The third kappa shape index (κ3) is 5.84. The second-order valence-corrected chi connectivity index (χ2v) is 9.59. The molecule has 4 rings (SSSR count). The minimum atomic E-state index is -0.247. The van der Waals surface area contributed by atoms with Gasteiger partial charge in [-0.15, -0.1) is 5.10 Å². The molecule has 0 aliphatic heterocycles. The van der Waals surface area contributed by atoms with Crippen molar-refractivity contribution in [3.8, 4) is 0 Å². The van der Waals surface area contributed by atoms with Crippen LogP contribution in [-0.2, 0) is 17.8 Å². The first-order valence-electron chi connectivity index (χ1n) is 11.3. The highest BCUT2D eigenvalue weighted by molar-refractivity contribution is 7.99. The van der Waals surface area contributed by atoms with Gasteiger partial charge < -0.3 is 4.90 Å². The van der Waals surface area contributed by atoms with Crippen LogP contribution < -0.4 is 0 Å². The Balaban J connectivity index is 1.36. The minimum Gasteiger partial charge on any atom is -0.335 e. The Morgan fingerprint density at radius 2 is 1.77 bits per heavy atom. The van der Waals surface area contributed by atoms with E-state index in [0.717, 1.165) is 49.4 Å². The quantitative estimate of drug-likeness (QED) is 0.590. The number of nitrogens with one attached hydrogen (secondary N) is 1. The highest BCUT2D eigenvalue weighted by Crippen LogP contribution is 2.28. The van der Waals surface area contributed by atoms with Gasteiger partial charge in [0.15, 0.2) is 0 Å². The lowest BCUT2D eigenvalue weighted by Gasteiger charge is -2.34. The van der Waals surface area contributed by atoms with Gasteiger partial charge in [-0.3, -0.25) is 9.89 Å². The Morgan fingerprint density at radius 3 is 2.50 bits per heavy atom. The van der Waals surface area contributed by atoms with Crippen molar-refractivity contribution >= 4 is 17.7 Å². The molecule has 0 spiro atoms. The molecule has 1 heterocycles. The lowest BCUT2D eigenvalue weighted by molar-refractivity contribution is -0.132. The van der Waals surface area contributed by atoms with Crippen molar-refractivity contribution in [2.24, 2.45) is 5.92 Å². The van der Waals surface area contributed by atoms with E-state index in [9.17, 15) is 9.18 Å². The van der Waals surface area contributed by atoms with E-state index < -0.39 is 0 Å². The van der Waals surface area contributed by atoms with Crippen molar-refractivity contribution in [1.29, 1.82) is 0 Å². The van der Waals surface area contributed by atoms with Crippen molar-refractivity contribution in [2.45, 2.75) is 82.0 Å². The van der Waals surface area contributed by atoms with Crippen LogP contribution in [0.25, 0.3) is 0 Å². The molecule has 0 saturated heterocycles. The molecule has 1 aromatic heterocycles. The molecule has 1 amide bonds. The summed E-state index contributed by atoms with van der Waals surface area (Å²) in [5.41, 5.74) is 0.970. The summed E-state index contributed by atoms with van der Waals surface area (Å²) in [7, 11) is 0. The first kappa shape index (κ1) is 21.3. The SMILES string of the molecule is O=C(CSc1n[nH]c(CC2CCCC2)n1)N(Cc1ccc(F)cc1)C1CCCCC1. The lowest BCUT2D eigenvalue weighted by Crippen LogP contribution is -2.41. The summed E-state index contributed by atoms with van der Waals surface area (Å²) in [4.78, 5) is 19.7. The minimum absolute atomic E-state index is 0.110. The number of halogens is 1. The van der Waals surface area contributed by atoms with Gasteiger partial charge in [0.2, 0.25) is 11.1 Å². The van der Waals surface area contributed by atoms with Crippen LogP contribution >= 0.6 is 11.8 Å². The maximum Gasteiger partial charge on any atom is 0.233 e. The van der Waals surface area contributed by atoms with Crippen molar-refractivity contribution in [2.75, 3.05) is 5.75 Å². The third-order valence-corrected chi connectivity index (χ3v) is 7.23. The third-order valence-electron chi connectivity index (χ3n) is 6.39. The van der Waals surface area contributed by atoms with Gasteiger partial charge in [0.1, 0.15) is 11.6 Å². The molecule has 2 aromatic rings. The van der Waals surface area contributed by atoms with Crippen LogP contribution in [0.3, 0.4) is 0 Å². The molecule has 5 nitrogen and oxygen atoms in total. The van der Waals surface area contributed by atoms with Crippen molar-refractivity contribution in [1.82, 2.24) is 20.1 Å². The average molecular weight is 431 g/mol. The van der Waals surface area contributed by atoms with Crippen LogP contribution in [0.15, 0.2) is 29.4 Å². The number of benzene rings is 1. The van der Waals surface area contributed by atoms with Crippen LogP contribution in [0.2, 0.25) is 0 Å². The molecular weight excluding hydrogens is 399 g/mol. The van der Waals surface area contributed by atoms with Gasteiger partial charge >= 0.3 is 0 Å². The first-order chi connectivity index (χ1) is 14.7. The van der Waals surface area contributed by atoms with Crippen molar-refractivity contribution in [3.63, 3.8) is 0 Å². The van der Waals surface area contributed by atoms with Gasteiger partial charge in [-0.05, 0) is 36.5 Å². The summed E-state index contributed by atoms with van der Waals surface area (Å²) >= 11 is 1.41. The van der Waals surface area contributed by atoms with Crippen LogP contribution in [-0.4, -0.2) is 37.8 Å². The number of H-pyrrole nitrogens is 1. The number of hydrogen-bond acceptors (Lipinski definition) is 4. The molecule has 2 aliphatic rings. The molecule has 0 unspecified atom stereocenters. The fourth-order valence-electron chi connectivity index (χ4n) is 4.73. The number of amides is 1. The number of hydrogen-bond donors (Lipinski definition) is 1. The zero-order chi connectivity index (χ0) is 20.8. The average Bonchev–Trinajstić information content (AvgIpc) is 3.45. The predicted molar refractivity (Wildman–Crippen MR) is 117 cm³/mol. The number of aromatic nitrogens is 3. The van der Waals surface area contributed by atoms with E-state index >= 15 is 0 Å². The zero-order valence-corrected chi connectivity index (χ0v) is 18.3. The number of aromatic amines is 1. The van der Waals surface area contributed by atoms with Crippen LogP contribution in [0.5, 0.6) is 0 Å². The molecule has 2 saturated carbocycles. The second kappa shape index (κ2) is 10.4. The maximum absolute atomic E-state index is 13.3. The van der Waals surface area contributed by atoms with E-state index in [1.165, 1.54) is 56.0 Å². The summed E-state index contributed by atoms with van der Waals surface area (Å²) in [5, 5.41) is 8.02. The Bertz CT molecular complexity index is 813. The van der Waals surface area contributed by atoms with E-state index in [1.807, 2.05) is 4.90 Å². The summed E-state index contributed by atoms with van der Waals surface area (Å²) in [5.74, 6) is 1.85. The fraction of sp³-hybridized carbons (Fsp3) is 0.609. The summed E-state index contributed by atoms with van der Waals surface area (Å²) in [6, 6.07) is 6.74. The first-order valence-corrected chi connectivity index (χ1v) is 12.2. The van der Waals surface area contributed by atoms with Crippen molar-refractivity contribution in [3.05, 3.63) is 41.5 Å². The number of nitrogens with zero attached hydrogens (tertiary/aromatic N) is 3. The van der Waals surface area contributed by atoms with Gasteiger partial charge in [-0.25, -0.2) is 9.37 Å². The number of carbonyl (C=O) groups excluding carboxylic acids is 1. The molecular formula is C23H31FN4OS. The maximum atomic E-state index is 13.3. The molecule has 0 atom stereocenters. The molecule has 1 aromatic carbocycles. The van der Waals surface area contributed by atoms with E-state index in [0.29, 0.717) is 17.5 Å². The highest BCUT2D eigenvalue weighted by Gasteiger charge is 2.26. The normalized spacial score (nSPS) is 18.0. The van der Waals surface area contributed by atoms with Gasteiger partial charge in [0.25, 0.3) is 0 Å². The predicted octanol–water partition coefficient (Wildman–Crippen LogP) is 5.13. The molecule has 7 heteroatoms. The number of thioether (sulfide) groups is 1. The topological polar surface area (TPSA) is 61.9 Å². The fourth-order valence-corrected chi connectivity index (χ4v) is 5.43. The molecule has 30 heavy (non-hydrogen) atoms. The lowest BCUT2D eigenvalue weighted by atomic mass is 9.94. The Labute approximate surface area is 182 Å². The zero-order valence-electron chi connectivity index (χ0n) is 17.5. The number of carbonyl (C=O) groups is 1. The van der Waals surface area contributed by atoms with Crippen molar-refractivity contribution < 1.29 is 9.18 Å².